The zero-order valence-electron chi connectivity index (χ0n) is 23.7. The molecule has 1 aliphatic heterocycles. The summed E-state index contributed by atoms with van der Waals surface area (Å²) >= 11 is 0. The lowest BCUT2D eigenvalue weighted by Crippen LogP contribution is -2.15. The summed E-state index contributed by atoms with van der Waals surface area (Å²) in [6.07, 6.45) is 3.20. The van der Waals surface area contributed by atoms with Crippen LogP contribution in [0.2, 0.25) is 0 Å². The third kappa shape index (κ3) is 4.72. The van der Waals surface area contributed by atoms with Gasteiger partial charge in [-0.1, -0.05) is 47.6 Å². The number of nitrogens with zero attached hydrogens (tertiary/aromatic N) is 5. The summed E-state index contributed by atoms with van der Waals surface area (Å²) in [7, 11) is 4.84. The van der Waals surface area contributed by atoms with Crippen LogP contribution < -0.4 is 18.9 Å². The molecule has 214 valence electrons. The van der Waals surface area contributed by atoms with Gasteiger partial charge in [0.2, 0.25) is 5.88 Å². The molecule has 0 amide bonds. The second kappa shape index (κ2) is 11.0. The summed E-state index contributed by atoms with van der Waals surface area (Å²) in [5.41, 5.74) is 4.35. The third-order valence-corrected chi connectivity index (χ3v) is 7.47. The molecule has 0 fully saturated rings. The predicted molar refractivity (Wildman–Crippen MR) is 161 cm³/mol. The van der Waals surface area contributed by atoms with E-state index >= 15 is 0 Å². The summed E-state index contributed by atoms with van der Waals surface area (Å²) in [6, 6.07) is 25.9. The van der Waals surface area contributed by atoms with Gasteiger partial charge in [0.25, 0.3) is 0 Å². The molecule has 0 N–H and O–H groups in total. The first kappa shape index (κ1) is 26.3. The van der Waals surface area contributed by atoms with E-state index < -0.39 is 0 Å². The molecule has 0 radical (unpaired) electrons. The molecule has 4 aromatic carbocycles. The van der Waals surface area contributed by atoms with Gasteiger partial charge >= 0.3 is 0 Å². The molecule has 0 saturated carbocycles. The smallest absolute Gasteiger partial charge is 0.228 e. The van der Waals surface area contributed by atoms with Crippen molar-refractivity contribution >= 4 is 22.6 Å². The summed E-state index contributed by atoms with van der Waals surface area (Å²) in [6.45, 7) is 0.0633. The quantitative estimate of drug-likeness (QED) is 0.158. The SMILES string of the molecule is COc1ccc([C@H]2c3c(ccc4ccccc34)Oc3ncn4nc(CO/N=C\c5ccc(OC)c(OC)c5)nc4c32)cc1. The van der Waals surface area contributed by atoms with Crippen LogP contribution in [0, 0.1) is 0 Å². The highest BCUT2D eigenvalue weighted by Gasteiger charge is 2.34. The van der Waals surface area contributed by atoms with Crippen LogP contribution in [0.25, 0.3) is 16.4 Å². The third-order valence-electron chi connectivity index (χ3n) is 7.47. The van der Waals surface area contributed by atoms with Gasteiger partial charge in [0.1, 0.15) is 17.8 Å². The molecule has 10 nitrogen and oxygen atoms in total. The Morgan fingerprint density at radius 1 is 0.884 bits per heavy atom. The van der Waals surface area contributed by atoms with E-state index in [4.69, 9.17) is 28.8 Å². The van der Waals surface area contributed by atoms with Crippen molar-refractivity contribution in [2.45, 2.75) is 12.5 Å². The first-order chi connectivity index (χ1) is 21.2. The van der Waals surface area contributed by atoms with Crippen molar-refractivity contribution in [1.29, 1.82) is 0 Å². The number of aromatic nitrogens is 4. The monoisotopic (exact) mass is 573 g/mol. The Bertz CT molecular complexity index is 1990. The van der Waals surface area contributed by atoms with Gasteiger partial charge in [-0.2, -0.15) is 0 Å². The Balaban J connectivity index is 1.26. The molecule has 0 unspecified atom stereocenters. The highest BCUT2D eigenvalue weighted by atomic mass is 16.6. The Hall–Kier alpha value is -5.64. The van der Waals surface area contributed by atoms with E-state index in [-0.39, 0.29) is 12.5 Å². The highest BCUT2D eigenvalue weighted by Crippen LogP contribution is 2.50. The summed E-state index contributed by atoms with van der Waals surface area (Å²) in [4.78, 5) is 15.1. The van der Waals surface area contributed by atoms with Crippen LogP contribution in [0.15, 0.2) is 90.3 Å². The summed E-state index contributed by atoms with van der Waals surface area (Å²) in [5.74, 6) is 3.51. The van der Waals surface area contributed by atoms with Gasteiger partial charge in [-0.05, 0) is 52.7 Å². The predicted octanol–water partition coefficient (Wildman–Crippen LogP) is 6.14. The van der Waals surface area contributed by atoms with Crippen molar-refractivity contribution in [1.82, 2.24) is 19.6 Å². The van der Waals surface area contributed by atoms with Crippen molar-refractivity contribution in [2.24, 2.45) is 5.16 Å². The number of benzene rings is 4. The fourth-order valence-electron chi connectivity index (χ4n) is 5.47. The summed E-state index contributed by atoms with van der Waals surface area (Å²) in [5, 5.41) is 10.9. The number of ether oxygens (including phenoxy) is 4. The molecule has 0 spiro atoms. The molecular weight excluding hydrogens is 546 g/mol. The average molecular weight is 574 g/mol. The van der Waals surface area contributed by atoms with Crippen molar-refractivity contribution in [2.75, 3.05) is 21.3 Å². The molecule has 1 aliphatic rings. The van der Waals surface area contributed by atoms with Gasteiger partial charge in [0.15, 0.2) is 29.6 Å². The maximum Gasteiger partial charge on any atom is 0.228 e. The normalized spacial score (nSPS) is 13.9. The van der Waals surface area contributed by atoms with E-state index in [2.05, 4.69) is 45.6 Å². The minimum atomic E-state index is -0.215. The second-order valence-electron chi connectivity index (χ2n) is 9.89. The Morgan fingerprint density at radius 2 is 1.72 bits per heavy atom. The Morgan fingerprint density at radius 3 is 2.53 bits per heavy atom. The van der Waals surface area contributed by atoms with Gasteiger partial charge in [-0.3, -0.25) is 0 Å². The molecular formula is C33H27N5O5. The van der Waals surface area contributed by atoms with Crippen LogP contribution in [0.1, 0.15) is 34.0 Å². The van der Waals surface area contributed by atoms with Gasteiger partial charge in [-0.25, -0.2) is 14.5 Å². The van der Waals surface area contributed by atoms with Gasteiger partial charge in [-0.15, -0.1) is 5.10 Å². The van der Waals surface area contributed by atoms with E-state index in [1.807, 2.05) is 48.5 Å². The summed E-state index contributed by atoms with van der Waals surface area (Å²) < 4.78 is 24.1. The molecule has 0 saturated heterocycles. The molecule has 0 aliphatic carbocycles. The van der Waals surface area contributed by atoms with Gasteiger partial charge in [0.05, 0.1) is 33.1 Å². The maximum atomic E-state index is 6.39. The maximum absolute atomic E-state index is 6.39. The van der Waals surface area contributed by atoms with E-state index in [1.165, 1.54) is 0 Å². The fourth-order valence-corrected chi connectivity index (χ4v) is 5.47. The molecule has 0 bridgehead atoms. The zero-order valence-corrected chi connectivity index (χ0v) is 23.7. The average Bonchev–Trinajstić information content (AvgIpc) is 3.49. The van der Waals surface area contributed by atoms with Crippen molar-refractivity contribution in [3.05, 3.63) is 113 Å². The minimum Gasteiger partial charge on any atom is -0.497 e. The van der Waals surface area contributed by atoms with Crippen LogP contribution in [0.3, 0.4) is 0 Å². The molecule has 3 heterocycles. The number of oxime groups is 1. The van der Waals surface area contributed by atoms with Crippen LogP contribution in [-0.4, -0.2) is 47.1 Å². The Labute approximate surface area is 247 Å². The first-order valence-electron chi connectivity index (χ1n) is 13.6. The van der Waals surface area contributed by atoms with Gasteiger partial charge < -0.3 is 23.8 Å². The highest BCUT2D eigenvalue weighted by molar-refractivity contribution is 5.90. The van der Waals surface area contributed by atoms with E-state index in [0.29, 0.717) is 28.9 Å². The lowest BCUT2D eigenvalue weighted by Gasteiger charge is -2.29. The van der Waals surface area contributed by atoms with Crippen molar-refractivity contribution in [3.63, 3.8) is 0 Å². The standard InChI is InChI=1S/C33H27N5O5/c1-39-23-12-9-22(10-13-23)29-30-24-7-5-4-6-21(24)11-15-26(30)43-33-31(29)32-36-28(37-38(32)19-34-33)18-42-35-17-20-8-14-25(40-2)27(16-20)41-3/h4-17,19,29H,18H2,1-3H3/b35-17-/t29-/m0/s1. The fraction of sp³-hybridized carbons (Fsp3) is 0.152. The number of fused-ring (bicyclic) bond motifs is 6. The molecule has 43 heavy (non-hydrogen) atoms. The Kier molecular flexibility index (Phi) is 6.71. The van der Waals surface area contributed by atoms with E-state index in [1.54, 1.807) is 38.4 Å². The number of rotatable bonds is 8. The lowest BCUT2D eigenvalue weighted by atomic mass is 9.81. The topological polar surface area (TPSA) is 102 Å². The molecule has 2 aromatic heterocycles. The van der Waals surface area contributed by atoms with Crippen LogP contribution in [0.5, 0.6) is 28.9 Å². The van der Waals surface area contributed by atoms with Crippen molar-refractivity contribution < 1.29 is 23.8 Å². The number of methoxy groups -OCH3 is 3. The lowest BCUT2D eigenvalue weighted by molar-refractivity contribution is 0.126. The van der Waals surface area contributed by atoms with Crippen LogP contribution >= 0.6 is 0 Å². The number of hydrogen-bond donors (Lipinski definition) is 0. The molecule has 7 rings (SSSR count). The largest absolute Gasteiger partial charge is 0.497 e. The molecule has 6 aromatic rings. The molecule has 10 heteroatoms. The first-order valence-corrected chi connectivity index (χ1v) is 13.6. The minimum absolute atomic E-state index is 0.0633. The van der Waals surface area contributed by atoms with Gasteiger partial charge in [0, 0.05) is 17.0 Å². The van der Waals surface area contributed by atoms with Crippen LogP contribution in [-0.2, 0) is 11.4 Å². The van der Waals surface area contributed by atoms with Crippen molar-refractivity contribution in [3.8, 4) is 28.9 Å². The van der Waals surface area contributed by atoms with Crippen LogP contribution in [0.4, 0.5) is 0 Å². The second-order valence-corrected chi connectivity index (χ2v) is 9.89. The van der Waals surface area contributed by atoms with E-state index in [9.17, 15) is 0 Å². The molecule has 1 atom stereocenters. The number of hydrogen-bond acceptors (Lipinski definition) is 9. The van der Waals surface area contributed by atoms with E-state index in [0.717, 1.165) is 44.5 Å². The zero-order chi connectivity index (χ0) is 29.3.